The van der Waals surface area contributed by atoms with Crippen molar-refractivity contribution >= 4 is 5.91 Å². The van der Waals surface area contributed by atoms with E-state index < -0.39 is 0 Å². The topological polar surface area (TPSA) is 72.3 Å². The summed E-state index contributed by atoms with van der Waals surface area (Å²) in [4.78, 5) is 17.0. The monoisotopic (exact) mass is 382 g/mol. The molecule has 8 heteroatoms. The molecule has 0 atom stereocenters. The zero-order chi connectivity index (χ0) is 19.5. The van der Waals surface area contributed by atoms with Crippen molar-refractivity contribution in [3.63, 3.8) is 0 Å². The van der Waals surface area contributed by atoms with Crippen LogP contribution in [-0.2, 0) is 19.6 Å². The van der Waals surface area contributed by atoms with Crippen molar-refractivity contribution in [3.05, 3.63) is 59.6 Å². The van der Waals surface area contributed by atoms with Gasteiger partial charge in [-0.2, -0.15) is 10.2 Å². The van der Waals surface area contributed by atoms with Crippen molar-refractivity contribution in [2.75, 3.05) is 26.2 Å². The quantitative estimate of drug-likeness (QED) is 0.652. The first kappa shape index (κ1) is 18.5. The first-order valence-electron chi connectivity index (χ1n) is 9.73. The Bertz CT molecular complexity index is 919. The van der Waals surface area contributed by atoms with Gasteiger partial charge in [-0.1, -0.05) is 0 Å². The van der Waals surface area contributed by atoms with E-state index in [-0.39, 0.29) is 5.91 Å². The van der Waals surface area contributed by atoms with Crippen LogP contribution in [0.4, 0.5) is 0 Å². The first-order chi connectivity index (χ1) is 13.6. The molecule has 1 aliphatic rings. The van der Waals surface area contributed by atoms with Crippen LogP contribution in [0.2, 0.25) is 0 Å². The van der Waals surface area contributed by atoms with E-state index in [0.717, 1.165) is 37.6 Å². The molecule has 1 amide bonds. The van der Waals surface area contributed by atoms with Crippen LogP contribution in [0.15, 0.2) is 41.2 Å². The van der Waals surface area contributed by atoms with Crippen molar-refractivity contribution in [2.24, 2.45) is 0 Å². The third kappa shape index (κ3) is 4.01. The number of carbonyl (C=O) groups is 1. The maximum Gasteiger partial charge on any atom is 0.289 e. The van der Waals surface area contributed by atoms with Crippen molar-refractivity contribution in [2.45, 2.75) is 33.5 Å². The fraction of sp³-hybridized carbons (Fsp3) is 0.450. The molecular weight excluding hydrogens is 356 g/mol. The Hall–Kier alpha value is -2.87. The van der Waals surface area contributed by atoms with Crippen LogP contribution in [0, 0.1) is 6.92 Å². The second-order valence-electron chi connectivity index (χ2n) is 7.13. The van der Waals surface area contributed by atoms with Crippen LogP contribution in [0.5, 0.6) is 0 Å². The Balaban J connectivity index is 1.31. The third-order valence-electron chi connectivity index (χ3n) is 5.17. The lowest BCUT2D eigenvalue weighted by molar-refractivity contribution is 0.0595. The van der Waals surface area contributed by atoms with Crippen LogP contribution in [0.3, 0.4) is 0 Å². The summed E-state index contributed by atoms with van der Waals surface area (Å²) in [6.45, 7) is 9.54. The summed E-state index contributed by atoms with van der Waals surface area (Å²) in [6.07, 6.45) is 5.72. The minimum absolute atomic E-state index is 0.0404. The summed E-state index contributed by atoms with van der Waals surface area (Å²) < 4.78 is 9.50. The van der Waals surface area contributed by atoms with Crippen LogP contribution >= 0.6 is 0 Å². The second kappa shape index (κ2) is 8.02. The van der Waals surface area contributed by atoms with E-state index in [9.17, 15) is 4.79 Å². The first-order valence-corrected chi connectivity index (χ1v) is 9.73. The number of furan rings is 1. The smallest absolute Gasteiger partial charge is 0.289 e. The lowest BCUT2D eigenvalue weighted by Gasteiger charge is -2.34. The Labute approximate surface area is 164 Å². The highest BCUT2D eigenvalue weighted by Crippen LogP contribution is 2.16. The van der Waals surface area contributed by atoms with E-state index >= 15 is 0 Å². The molecule has 8 nitrogen and oxygen atoms in total. The van der Waals surface area contributed by atoms with Gasteiger partial charge in [0.05, 0.1) is 12.2 Å². The average molecular weight is 382 g/mol. The van der Waals surface area contributed by atoms with Gasteiger partial charge in [0, 0.05) is 63.4 Å². The molecule has 0 aliphatic carbocycles. The number of hydrogen-bond donors (Lipinski definition) is 0. The van der Waals surface area contributed by atoms with Gasteiger partial charge < -0.3 is 9.32 Å². The number of amides is 1. The van der Waals surface area contributed by atoms with Gasteiger partial charge in [0.2, 0.25) is 0 Å². The van der Waals surface area contributed by atoms with E-state index in [1.807, 2.05) is 27.9 Å². The van der Waals surface area contributed by atoms with Crippen LogP contribution in [-0.4, -0.2) is 61.4 Å². The molecule has 4 heterocycles. The molecule has 1 fully saturated rings. The Morgan fingerprint density at radius 2 is 1.96 bits per heavy atom. The Morgan fingerprint density at radius 1 is 1.14 bits per heavy atom. The van der Waals surface area contributed by atoms with Crippen LogP contribution in [0.1, 0.15) is 34.5 Å². The van der Waals surface area contributed by atoms with Gasteiger partial charge in [-0.25, -0.2) is 0 Å². The molecule has 0 spiro atoms. The minimum Gasteiger partial charge on any atom is -0.454 e. The fourth-order valence-electron chi connectivity index (χ4n) is 3.51. The molecule has 0 saturated carbocycles. The lowest BCUT2D eigenvalue weighted by atomic mass is 10.2. The predicted octanol–water partition coefficient (Wildman–Crippen LogP) is 2.01. The van der Waals surface area contributed by atoms with Gasteiger partial charge in [0.15, 0.2) is 5.76 Å². The zero-order valence-electron chi connectivity index (χ0n) is 16.4. The predicted molar refractivity (Wildman–Crippen MR) is 104 cm³/mol. The fourth-order valence-corrected chi connectivity index (χ4v) is 3.51. The molecule has 28 heavy (non-hydrogen) atoms. The van der Waals surface area contributed by atoms with E-state index in [1.165, 1.54) is 5.56 Å². The summed E-state index contributed by atoms with van der Waals surface area (Å²) >= 11 is 0. The highest BCUT2D eigenvalue weighted by Gasteiger charge is 2.25. The van der Waals surface area contributed by atoms with Gasteiger partial charge in [-0.3, -0.25) is 19.1 Å². The van der Waals surface area contributed by atoms with Gasteiger partial charge in [-0.05, 0) is 32.0 Å². The zero-order valence-corrected chi connectivity index (χ0v) is 16.4. The van der Waals surface area contributed by atoms with Crippen LogP contribution in [0.25, 0.3) is 0 Å². The van der Waals surface area contributed by atoms with Crippen molar-refractivity contribution in [1.29, 1.82) is 0 Å². The van der Waals surface area contributed by atoms with E-state index in [0.29, 0.717) is 25.4 Å². The van der Waals surface area contributed by atoms with Crippen molar-refractivity contribution in [1.82, 2.24) is 29.4 Å². The normalized spacial score (nSPS) is 15.3. The Kier molecular flexibility index (Phi) is 5.29. The number of aryl methyl sites for hydroxylation is 2. The van der Waals surface area contributed by atoms with Crippen molar-refractivity contribution in [3.8, 4) is 0 Å². The SMILES string of the molecule is CCn1cc(CN2CCN(C(=O)c3ccc(Cn4cccn4)o3)CC2)c(C)n1. The third-order valence-corrected chi connectivity index (χ3v) is 5.17. The molecule has 0 N–H and O–H groups in total. The summed E-state index contributed by atoms with van der Waals surface area (Å²) in [6, 6.07) is 5.47. The number of rotatable bonds is 6. The standard InChI is InChI=1S/C20H26N6O2/c1-3-25-14-17(16(2)22-25)13-23-9-11-24(12-10-23)20(27)19-6-5-18(28-19)15-26-8-4-7-21-26/h4-8,14H,3,9-13,15H2,1-2H3. The molecule has 1 saturated heterocycles. The average Bonchev–Trinajstić information content (AvgIpc) is 3.45. The maximum atomic E-state index is 12.8. The van der Waals surface area contributed by atoms with Crippen molar-refractivity contribution < 1.29 is 9.21 Å². The molecule has 148 valence electrons. The van der Waals surface area contributed by atoms with Gasteiger partial charge >= 0.3 is 0 Å². The molecular formula is C20H26N6O2. The molecule has 0 unspecified atom stereocenters. The summed E-state index contributed by atoms with van der Waals surface area (Å²) in [5.41, 5.74) is 2.34. The summed E-state index contributed by atoms with van der Waals surface area (Å²) in [5.74, 6) is 1.09. The number of nitrogens with zero attached hydrogens (tertiary/aromatic N) is 6. The lowest BCUT2D eigenvalue weighted by Crippen LogP contribution is -2.48. The molecule has 0 bridgehead atoms. The second-order valence-corrected chi connectivity index (χ2v) is 7.13. The molecule has 0 radical (unpaired) electrons. The maximum absolute atomic E-state index is 12.8. The molecule has 3 aromatic rings. The highest BCUT2D eigenvalue weighted by atomic mass is 16.4. The summed E-state index contributed by atoms with van der Waals surface area (Å²) in [5, 5.41) is 8.67. The Morgan fingerprint density at radius 3 is 2.64 bits per heavy atom. The van der Waals surface area contributed by atoms with E-state index in [1.54, 1.807) is 16.9 Å². The van der Waals surface area contributed by atoms with Crippen LogP contribution < -0.4 is 0 Å². The number of piperazine rings is 1. The number of hydrogen-bond acceptors (Lipinski definition) is 5. The van der Waals surface area contributed by atoms with E-state index in [2.05, 4.69) is 35.1 Å². The largest absolute Gasteiger partial charge is 0.454 e. The molecule has 3 aromatic heterocycles. The minimum atomic E-state index is -0.0404. The van der Waals surface area contributed by atoms with Gasteiger partial charge in [-0.15, -0.1) is 0 Å². The molecule has 4 rings (SSSR count). The molecule has 1 aliphatic heterocycles. The number of aromatic nitrogens is 4. The highest BCUT2D eigenvalue weighted by molar-refractivity contribution is 5.91. The molecule has 0 aromatic carbocycles. The summed E-state index contributed by atoms with van der Waals surface area (Å²) in [7, 11) is 0. The van der Waals surface area contributed by atoms with E-state index in [4.69, 9.17) is 4.42 Å². The number of carbonyl (C=O) groups excluding carboxylic acids is 1. The van der Waals surface area contributed by atoms with Gasteiger partial charge in [0.1, 0.15) is 5.76 Å². The van der Waals surface area contributed by atoms with Gasteiger partial charge in [0.25, 0.3) is 5.91 Å².